The Morgan fingerprint density at radius 3 is 2.91 bits per heavy atom. The standard InChI is InChI=1S/C15H14ClN3O3/c16-11-3-4-13-9(7-11)6-10(8-22-13)14(20)18-19-15(21)12-2-1-5-17-12/h1-5,7,10,17H,6,8H2,(H,18,20)(H,19,21)/t10-/m1/s1. The Morgan fingerprint density at radius 1 is 1.27 bits per heavy atom. The molecule has 0 saturated heterocycles. The molecule has 1 atom stereocenters. The number of halogens is 1. The van der Waals surface area contributed by atoms with E-state index in [9.17, 15) is 9.59 Å². The van der Waals surface area contributed by atoms with E-state index >= 15 is 0 Å². The minimum Gasteiger partial charge on any atom is -0.492 e. The molecule has 0 bridgehead atoms. The van der Waals surface area contributed by atoms with E-state index in [-0.39, 0.29) is 18.4 Å². The molecule has 1 aliphatic rings. The maximum atomic E-state index is 12.1. The zero-order valence-corrected chi connectivity index (χ0v) is 12.3. The van der Waals surface area contributed by atoms with Crippen LogP contribution in [0.15, 0.2) is 36.5 Å². The molecule has 2 heterocycles. The number of fused-ring (bicyclic) bond motifs is 1. The van der Waals surface area contributed by atoms with E-state index in [0.717, 1.165) is 11.3 Å². The van der Waals surface area contributed by atoms with Gasteiger partial charge in [0, 0.05) is 11.2 Å². The summed E-state index contributed by atoms with van der Waals surface area (Å²) in [4.78, 5) is 26.6. The number of amides is 2. The predicted molar refractivity (Wildman–Crippen MR) is 80.5 cm³/mol. The summed E-state index contributed by atoms with van der Waals surface area (Å²) in [6, 6.07) is 8.64. The number of aromatic nitrogens is 1. The number of hydrazine groups is 1. The summed E-state index contributed by atoms with van der Waals surface area (Å²) in [5, 5.41) is 0.600. The molecule has 1 aromatic heterocycles. The Kier molecular flexibility index (Phi) is 4.02. The number of hydrogen-bond acceptors (Lipinski definition) is 3. The van der Waals surface area contributed by atoms with Gasteiger partial charge in [-0.3, -0.25) is 20.4 Å². The van der Waals surface area contributed by atoms with Crippen LogP contribution in [0.4, 0.5) is 0 Å². The number of rotatable bonds is 2. The van der Waals surface area contributed by atoms with Gasteiger partial charge in [-0.1, -0.05) is 11.6 Å². The summed E-state index contributed by atoms with van der Waals surface area (Å²) >= 11 is 5.95. The normalized spacial score (nSPS) is 16.3. The SMILES string of the molecule is O=C(NNC(=O)[C@H]1COc2ccc(Cl)cc2C1)c1ccc[nH]1. The first kappa shape index (κ1) is 14.5. The van der Waals surface area contributed by atoms with Crippen LogP contribution >= 0.6 is 11.6 Å². The first-order chi connectivity index (χ1) is 10.6. The molecule has 0 aliphatic carbocycles. The Balaban J connectivity index is 1.58. The van der Waals surface area contributed by atoms with E-state index < -0.39 is 5.91 Å². The summed E-state index contributed by atoms with van der Waals surface area (Å²) < 4.78 is 5.55. The summed E-state index contributed by atoms with van der Waals surface area (Å²) in [5.74, 6) is -0.345. The summed E-state index contributed by atoms with van der Waals surface area (Å²) in [7, 11) is 0. The molecule has 0 saturated carbocycles. The van der Waals surface area contributed by atoms with Gasteiger partial charge in [0.25, 0.3) is 5.91 Å². The van der Waals surface area contributed by atoms with Gasteiger partial charge >= 0.3 is 0 Å². The topological polar surface area (TPSA) is 83.2 Å². The Morgan fingerprint density at radius 2 is 2.14 bits per heavy atom. The molecule has 114 valence electrons. The van der Waals surface area contributed by atoms with Crippen LogP contribution in [-0.2, 0) is 11.2 Å². The van der Waals surface area contributed by atoms with Crippen molar-refractivity contribution in [2.75, 3.05) is 6.61 Å². The third-order valence-electron chi connectivity index (χ3n) is 3.44. The van der Waals surface area contributed by atoms with Crippen LogP contribution in [0.1, 0.15) is 16.1 Å². The highest BCUT2D eigenvalue weighted by molar-refractivity contribution is 6.30. The highest BCUT2D eigenvalue weighted by atomic mass is 35.5. The fraction of sp³-hybridized carbons (Fsp3) is 0.200. The smallest absolute Gasteiger partial charge is 0.286 e. The van der Waals surface area contributed by atoms with Gasteiger partial charge in [-0.05, 0) is 42.3 Å². The fourth-order valence-corrected chi connectivity index (χ4v) is 2.49. The molecule has 6 nitrogen and oxygen atoms in total. The second-order valence-electron chi connectivity index (χ2n) is 4.99. The van der Waals surface area contributed by atoms with Gasteiger partial charge in [-0.2, -0.15) is 0 Å². The van der Waals surface area contributed by atoms with Gasteiger partial charge in [-0.25, -0.2) is 0 Å². The molecule has 1 aromatic carbocycles. The molecule has 2 amide bonds. The third-order valence-corrected chi connectivity index (χ3v) is 3.68. The van der Waals surface area contributed by atoms with Crippen molar-refractivity contribution in [3.8, 4) is 5.75 Å². The van der Waals surface area contributed by atoms with Crippen LogP contribution in [0.5, 0.6) is 5.75 Å². The summed E-state index contributed by atoms with van der Waals surface area (Å²) in [5.41, 5.74) is 6.04. The largest absolute Gasteiger partial charge is 0.492 e. The maximum Gasteiger partial charge on any atom is 0.286 e. The second kappa shape index (κ2) is 6.11. The van der Waals surface area contributed by atoms with Crippen LogP contribution in [0.2, 0.25) is 5.02 Å². The van der Waals surface area contributed by atoms with Crippen molar-refractivity contribution in [3.05, 3.63) is 52.8 Å². The van der Waals surface area contributed by atoms with Crippen LogP contribution in [0.3, 0.4) is 0 Å². The van der Waals surface area contributed by atoms with Gasteiger partial charge in [0.15, 0.2) is 0 Å². The van der Waals surface area contributed by atoms with Crippen molar-refractivity contribution in [3.63, 3.8) is 0 Å². The van der Waals surface area contributed by atoms with Crippen molar-refractivity contribution in [2.45, 2.75) is 6.42 Å². The number of aromatic amines is 1. The lowest BCUT2D eigenvalue weighted by molar-refractivity contribution is -0.127. The third kappa shape index (κ3) is 3.07. The van der Waals surface area contributed by atoms with Crippen LogP contribution in [0.25, 0.3) is 0 Å². The minimum atomic E-state index is -0.404. The number of benzene rings is 1. The molecule has 3 N–H and O–H groups in total. The number of H-pyrrole nitrogens is 1. The highest BCUT2D eigenvalue weighted by Gasteiger charge is 2.26. The van der Waals surface area contributed by atoms with Gasteiger partial charge in [0.1, 0.15) is 18.1 Å². The molecule has 22 heavy (non-hydrogen) atoms. The number of carbonyl (C=O) groups excluding carboxylic acids is 2. The van der Waals surface area contributed by atoms with Crippen molar-refractivity contribution in [2.24, 2.45) is 5.92 Å². The van der Waals surface area contributed by atoms with E-state index in [1.54, 1.807) is 36.5 Å². The lowest BCUT2D eigenvalue weighted by Gasteiger charge is -2.24. The Labute approximate surface area is 131 Å². The zero-order valence-electron chi connectivity index (χ0n) is 11.6. The van der Waals surface area contributed by atoms with Gasteiger partial charge in [0.2, 0.25) is 5.91 Å². The molecule has 0 radical (unpaired) electrons. The molecule has 0 fully saturated rings. The molecule has 7 heteroatoms. The highest BCUT2D eigenvalue weighted by Crippen LogP contribution is 2.29. The number of nitrogens with one attached hydrogen (secondary N) is 3. The second-order valence-corrected chi connectivity index (χ2v) is 5.43. The van der Waals surface area contributed by atoms with Gasteiger partial charge in [0.05, 0.1) is 5.92 Å². The first-order valence-electron chi connectivity index (χ1n) is 6.78. The Hall–Kier alpha value is -2.47. The van der Waals surface area contributed by atoms with E-state index in [4.69, 9.17) is 16.3 Å². The lowest BCUT2D eigenvalue weighted by Crippen LogP contribution is -2.47. The van der Waals surface area contributed by atoms with Crippen molar-refractivity contribution in [1.29, 1.82) is 0 Å². The van der Waals surface area contributed by atoms with Crippen molar-refractivity contribution >= 4 is 23.4 Å². The molecular formula is C15H14ClN3O3. The minimum absolute atomic E-state index is 0.263. The van der Waals surface area contributed by atoms with Crippen LogP contribution in [0, 0.1) is 5.92 Å². The molecular weight excluding hydrogens is 306 g/mol. The molecule has 0 spiro atoms. The van der Waals surface area contributed by atoms with Gasteiger partial charge < -0.3 is 9.72 Å². The Bertz CT molecular complexity index is 700. The quantitative estimate of drug-likeness (QED) is 0.736. The zero-order chi connectivity index (χ0) is 15.5. The lowest BCUT2D eigenvalue weighted by atomic mass is 9.96. The van der Waals surface area contributed by atoms with E-state index in [1.165, 1.54) is 0 Å². The predicted octanol–water partition coefficient (Wildman–Crippen LogP) is 1.68. The van der Waals surface area contributed by atoms with Crippen molar-refractivity contribution < 1.29 is 14.3 Å². The molecule has 1 aliphatic heterocycles. The van der Waals surface area contributed by atoms with E-state index in [2.05, 4.69) is 15.8 Å². The van der Waals surface area contributed by atoms with E-state index in [0.29, 0.717) is 17.1 Å². The molecule has 0 unspecified atom stereocenters. The van der Waals surface area contributed by atoms with Gasteiger partial charge in [-0.15, -0.1) is 0 Å². The average Bonchev–Trinajstić information content (AvgIpc) is 3.06. The van der Waals surface area contributed by atoms with Crippen LogP contribution in [-0.4, -0.2) is 23.4 Å². The maximum absolute atomic E-state index is 12.1. The number of ether oxygens (including phenoxy) is 1. The molecule has 2 aromatic rings. The van der Waals surface area contributed by atoms with Crippen LogP contribution < -0.4 is 15.6 Å². The first-order valence-corrected chi connectivity index (χ1v) is 7.16. The fourth-order valence-electron chi connectivity index (χ4n) is 2.29. The van der Waals surface area contributed by atoms with E-state index in [1.807, 2.05) is 0 Å². The number of carbonyl (C=O) groups is 2. The summed E-state index contributed by atoms with van der Waals surface area (Å²) in [6.45, 7) is 0.263. The summed E-state index contributed by atoms with van der Waals surface area (Å²) in [6.07, 6.45) is 2.15. The monoisotopic (exact) mass is 319 g/mol. The van der Waals surface area contributed by atoms with Crippen molar-refractivity contribution in [1.82, 2.24) is 15.8 Å². The molecule has 3 rings (SSSR count). The number of hydrogen-bond donors (Lipinski definition) is 3. The average molecular weight is 320 g/mol.